The quantitative estimate of drug-likeness (QED) is 0.579. The molecular formula is C15H23NO3. The SMILES string of the molecule is COC(=O)C(NCCCOC(C)C)c1ccccc1. The molecule has 1 atom stereocenters. The van der Waals surface area contributed by atoms with Crippen molar-refractivity contribution in [2.45, 2.75) is 32.4 Å². The van der Waals surface area contributed by atoms with Gasteiger partial charge in [-0.1, -0.05) is 30.3 Å². The van der Waals surface area contributed by atoms with E-state index < -0.39 is 6.04 Å². The van der Waals surface area contributed by atoms with Gasteiger partial charge in [-0.25, -0.2) is 4.79 Å². The molecule has 0 saturated heterocycles. The highest BCUT2D eigenvalue weighted by atomic mass is 16.5. The highest BCUT2D eigenvalue weighted by Crippen LogP contribution is 2.13. The fraction of sp³-hybridized carbons (Fsp3) is 0.533. The van der Waals surface area contributed by atoms with Crippen LogP contribution in [0, 0.1) is 0 Å². The molecule has 0 radical (unpaired) electrons. The van der Waals surface area contributed by atoms with Crippen LogP contribution < -0.4 is 5.32 Å². The molecule has 0 amide bonds. The van der Waals surface area contributed by atoms with Gasteiger partial charge < -0.3 is 14.8 Å². The second-order valence-corrected chi connectivity index (χ2v) is 4.59. The molecule has 1 unspecified atom stereocenters. The minimum atomic E-state index is -0.412. The summed E-state index contributed by atoms with van der Waals surface area (Å²) in [4.78, 5) is 11.8. The molecule has 0 aromatic heterocycles. The maximum absolute atomic E-state index is 11.8. The fourth-order valence-electron chi connectivity index (χ4n) is 1.74. The largest absolute Gasteiger partial charge is 0.468 e. The number of carbonyl (C=O) groups is 1. The number of hydrogen-bond donors (Lipinski definition) is 1. The Morgan fingerprint density at radius 3 is 2.53 bits per heavy atom. The number of benzene rings is 1. The van der Waals surface area contributed by atoms with Crippen LogP contribution in [0.2, 0.25) is 0 Å². The van der Waals surface area contributed by atoms with Crippen LogP contribution in [-0.4, -0.2) is 32.3 Å². The second-order valence-electron chi connectivity index (χ2n) is 4.59. The van der Waals surface area contributed by atoms with E-state index in [0.717, 1.165) is 12.0 Å². The van der Waals surface area contributed by atoms with Gasteiger partial charge in [0, 0.05) is 6.61 Å². The Kier molecular flexibility index (Phi) is 7.15. The average molecular weight is 265 g/mol. The van der Waals surface area contributed by atoms with Gasteiger partial charge in [0.2, 0.25) is 0 Å². The molecule has 0 aliphatic carbocycles. The molecular weight excluding hydrogens is 242 g/mol. The molecule has 0 aliphatic heterocycles. The lowest BCUT2D eigenvalue weighted by atomic mass is 10.1. The molecule has 0 heterocycles. The van der Waals surface area contributed by atoms with Crippen LogP contribution in [0.3, 0.4) is 0 Å². The van der Waals surface area contributed by atoms with Crippen molar-refractivity contribution in [2.75, 3.05) is 20.3 Å². The van der Waals surface area contributed by atoms with Crippen molar-refractivity contribution >= 4 is 5.97 Å². The van der Waals surface area contributed by atoms with E-state index in [9.17, 15) is 4.79 Å². The third-order valence-corrected chi connectivity index (χ3v) is 2.69. The fourth-order valence-corrected chi connectivity index (χ4v) is 1.74. The zero-order valence-corrected chi connectivity index (χ0v) is 11.9. The smallest absolute Gasteiger partial charge is 0.327 e. The Bertz CT molecular complexity index is 365. The number of hydrogen-bond acceptors (Lipinski definition) is 4. The lowest BCUT2D eigenvalue weighted by Gasteiger charge is -2.17. The zero-order valence-electron chi connectivity index (χ0n) is 11.9. The number of methoxy groups -OCH3 is 1. The maximum Gasteiger partial charge on any atom is 0.327 e. The van der Waals surface area contributed by atoms with E-state index in [2.05, 4.69) is 5.32 Å². The molecule has 19 heavy (non-hydrogen) atoms. The van der Waals surface area contributed by atoms with Crippen LogP contribution in [0.1, 0.15) is 31.9 Å². The van der Waals surface area contributed by atoms with Crippen LogP contribution >= 0.6 is 0 Å². The summed E-state index contributed by atoms with van der Waals surface area (Å²) in [6, 6.07) is 9.17. The molecule has 1 aromatic carbocycles. The molecule has 4 nitrogen and oxygen atoms in total. The maximum atomic E-state index is 11.8. The van der Waals surface area contributed by atoms with Gasteiger partial charge in [0.25, 0.3) is 0 Å². The number of carbonyl (C=O) groups excluding carboxylic acids is 1. The molecule has 1 aromatic rings. The molecule has 0 spiro atoms. The summed E-state index contributed by atoms with van der Waals surface area (Å²) in [6.45, 7) is 5.41. The molecule has 0 bridgehead atoms. The highest BCUT2D eigenvalue weighted by molar-refractivity contribution is 5.77. The van der Waals surface area contributed by atoms with Gasteiger partial charge in [-0.05, 0) is 32.4 Å². The van der Waals surface area contributed by atoms with Crippen LogP contribution in [0.15, 0.2) is 30.3 Å². The van der Waals surface area contributed by atoms with Crippen molar-refractivity contribution in [3.8, 4) is 0 Å². The van der Waals surface area contributed by atoms with E-state index in [0.29, 0.717) is 13.2 Å². The van der Waals surface area contributed by atoms with Gasteiger partial charge in [0.15, 0.2) is 0 Å². The van der Waals surface area contributed by atoms with Crippen molar-refractivity contribution in [3.05, 3.63) is 35.9 Å². The van der Waals surface area contributed by atoms with E-state index in [1.54, 1.807) is 0 Å². The Morgan fingerprint density at radius 2 is 1.95 bits per heavy atom. The summed E-state index contributed by atoms with van der Waals surface area (Å²) in [5, 5.41) is 3.21. The van der Waals surface area contributed by atoms with E-state index in [4.69, 9.17) is 9.47 Å². The Balaban J connectivity index is 2.46. The molecule has 106 valence electrons. The molecule has 4 heteroatoms. The topological polar surface area (TPSA) is 47.6 Å². The number of nitrogens with one attached hydrogen (secondary N) is 1. The monoisotopic (exact) mass is 265 g/mol. The normalized spacial score (nSPS) is 12.4. The summed E-state index contributed by atoms with van der Waals surface area (Å²) >= 11 is 0. The third kappa shape index (κ3) is 5.85. The van der Waals surface area contributed by atoms with Crippen molar-refractivity contribution in [1.82, 2.24) is 5.32 Å². The lowest BCUT2D eigenvalue weighted by Crippen LogP contribution is -2.31. The van der Waals surface area contributed by atoms with Crippen molar-refractivity contribution < 1.29 is 14.3 Å². The van der Waals surface area contributed by atoms with Crippen LogP contribution in [0.4, 0.5) is 0 Å². The Labute approximate surface area is 115 Å². The molecule has 0 saturated carbocycles. The average Bonchev–Trinajstić information content (AvgIpc) is 2.42. The van der Waals surface area contributed by atoms with Gasteiger partial charge in [-0.3, -0.25) is 0 Å². The van der Waals surface area contributed by atoms with E-state index in [1.165, 1.54) is 7.11 Å². The lowest BCUT2D eigenvalue weighted by molar-refractivity contribution is -0.143. The summed E-state index contributed by atoms with van der Waals surface area (Å²) in [5.74, 6) is -0.268. The predicted molar refractivity (Wildman–Crippen MR) is 74.9 cm³/mol. The number of rotatable bonds is 8. The minimum absolute atomic E-state index is 0.241. The first kappa shape index (κ1) is 15.7. The minimum Gasteiger partial charge on any atom is -0.468 e. The van der Waals surface area contributed by atoms with E-state index >= 15 is 0 Å². The van der Waals surface area contributed by atoms with Gasteiger partial charge >= 0.3 is 5.97 Å². The van der Waals surface area contributed by atoms with Gasteiger partial charge in [0.05, 0.1) is 13.2 Å². The third-order valence-electron chi connectivity index (χ3n) is 2.69. The van der Waals surface area contributed by atoms with Gasteiger partial charge in [0.1, 0.15) is 6.04 Å². The van der Waals surface area contributed by atoms with E-state index in [1.807, 2.05) is 44.2 Å². The van der Waals surface area contributed by atoms with Crippen molar-refractivity contribution in [2.24, 2.45) is 0 Å². The van der Waals surface area contributed by atoms with Crippen LogP contribution in [0.25, 0.3) is 0 Å². The summed E-state index contributed by atoms with van der Waals surface area (Å²) in [7, 11) is 1.40. The Morgan fingerprint density at radius 1 is 1.26 bits per heavy atom. The van der Waals surface area contributed by atoms with Crippen LogP contribution in [0.5, 0.6) is 0 Å². The van der Waals surface area contributed by atoms with Crippen molar-refractivity contribution in [1.29, 1.82) is 0 Å². The van der Waals surface area contributed by atoms with E-state index in [-0.39, 0.29) is 12.1 Å². The summed E-state index contributed by atoms with van der Waals surface area (Å²) in [6.07, 6.45) is 1.10. The molecule has 1 N–H and O–H groups in total. The summed E-state index contributed by atoms with van der Waals surface area (Å²) in [5.41, 5.74) is 0.916. The molecule has 0 aliphatic rings. The van der Waals surface area contributed by atoms with Gasteiger partial charge in [-0.15, -0.1) is 0 Å². The predicted octanol–water partition coefficient (Wildman–Crippen LogP) is 2.31. The Hall–Kier alpha value is -1.39. The zero-order chi connectivity index (χ0) is 14.1. The first-order valence-electron chi connectivity index (χ1n) is 6.63. The number of esters is 1. The second kappa shape index (κ2) is 8.67. The van der Waals surface area contributed by atoms with Crippen LogP contribution in [-0.2, 0) is 14.3 Å². The molecule has 1 rings (SSSR count). The highest BCUT2D eigenvalue weighted by Gasteiger charge is 2.19. The van der Waals surface area contributed by atoms with Crippen molar-refractivity contribution in [3.63, 3.8) is 0 Å². The number of ether oxygens (including phenoxy) is 2. The first-order valence-corrected chi connectivity index (χ1v) is 6.63. The molecule has 0 fully saturated rings. The first-order chi connectivity index (χ1) is 9.15. The standard InChI is InChI=1S/C15H23NO3/c1-12(2)19-11-7-10-16-14(15(17)18-3)13-8-5-4-6-9-13/h4-6,8-9,12,14,16H,7,10-11H2,1-3H3. The summed E-state index contributed by atoms with van der Waals surface area (Å²) < 4.78 is 10.3. The van der Waals surface area contributed by atoms with Gasteiger partial charge in [-0.2, -0.15) is 0 Å².